The Hall–Kier alpha value is -2.43. The third-order valence-corrected chi connectivity index (χ3v) is 4.26. The van der Waals surface area contributed by atoms with E-state index >= 15 is 0 Å². The second kappa shape index (κ2) is 9.16. The van der Waals surface area contributed by atoms with Gasteiger partial charge in [0.1, 0.15) is 0 Å². The standard InChI is InChI=1S/C21H24N2O2/c24-21(22-11-12-23-13-15-25-16-14-23)20(19-9-5-2-6-10-19)17-18-7-3-1-4-8-18/h1-10,17H,11-16H2,(H,22,24). The summed E-state index contributed by atoms with van der Waals surface area (Å²) < 4.78 is 5.35. The average Bonchev–Trinajstić information content (AvgIpc) is 2.68. The maximum atomic E-state index is 12.8. The Morgan fingerprint density at radius 1 is 1.00 bits per heavy atom. The van der Waals surface area contributed by atoms with E-state index in [-0.39, 0.29) is 5.91 Å². The van der Waals surface area contributed by atoms with Gasteiger partial charge in [0.05, 0.1) is 13.2 Å². The summed E-state index contributed by atoms with van der Waals surface area (Å²) in [6.45, 7) is 4.90. The van der Waals surface area contributed by atoms with Crippen molar-refractivity contribution in [2.24, 2.45) is 0 Å². The lowest BCUT2D eigenvalue weighted by Gasteiger charge is -2.26. The van der Waals surface area contributed by atoms with Crippen LogP contribution in [-0.2, 0) is 9.53 Å². The molecule has 1 saturated heterocycles. The summed E-state index contributed by atoms with van der Waals surface area (Å²) in [6, 6.07) is 19.7. The second-order valence-corrected chi connectivity index (χ2v) is 6.04. The lowest BCUT2D eigenvalue weighted by atomic mass is 10.0. The van der Waals surface area contributed by atoms with Gasteiger partial charge in [-0.05, 0) is 17.2 Å². The van der Waals surface area contributed by atoms with Crippen molar-refractivity contribution in [3.05, 3.63) is 71.8 Å². The van der Waals surface area contributed by atoms with Gasteiger partial charge >= 0.3 is 0 Å². The molecule has 2 aromatic carbocycles. The van der Waals surface area contributed by atoms with Gasteiger partial charge in [0, 0.05) is 31.8 Å². The molecule has 4 nitrogen and oxygen atoms in total. The lowest BCUT2D eigenvalue weighted by Crippen LogP contribution is -2.41. The third kappa shape index (κ3) is 5.28. The summed E-state index contributed by atoms with van der Waals surface area (Å²) in [4.78, 5) is 15.1. The van der Waals surface area contributed by atoms with Gasteiger partial charge in [-0.25, -0.2) is 0 Å². The third-order valence-electron chi connectivity index (χ3n) is 4.26. The number of morpholine rings is 1. The van der Waals surface area contributed by atoms with E-state index in [9.17, 15) is 4.79 Å². The normalized spacial score (nSPS) is 15.8. The van der Waals surface area contributed by atoms with Gasteiger partial charge in [-0.1, -0.05) is 60.7 Å². The van der Waals surface area contributed by atoms with Crippen LogP contribution in [0.1, 0.15) is 11.1 Å². The van der Waals surface area contributed by atoms with Crippen LogP contribution in [0.3, 0.4) is 0 Å². The van der Waals surface area contributed by atoms with E-state index in [1.807, 2.05) is 66.7 Å². The molecule has 3 rings (SSSR count). The summed E-state index contributed by atoms with van der Waals surface area (Å²) in [5, 5.41) is 3.06. The first-order valence-electron chi connectivity index (χ1n) is 8.73. The highest BCUT2D eigenvalue weighted by Gasteiger charge is 2.13. The molecule has 0 aromatic heterocycles. The minimum Gasteiger partial charge on any atom is -0.379 e. The molecule has 1 aliphatic heterocycles. The fraction of sp³-hybridized carbons (Fsp3) is 0.286. The Kier molecular flexibility index (Phi) is 6.37. The molecule has 4 heteroatoms. The summed E-state index contributed by atoms with van der Waals surface area (Å²) in [7, 11) is 0. The minimum atomic E-state index is -0.0386. The van der Waals surface area contributed by atoms with Crippen molar-refractivity contribution in [1.82, 2.24) is 10.2 Å². The number of nitrogens with one attached hydrogen (secondary N) is 1. The smallest absolute Gasteiger partial charge is 0.251 e. The van der Waals surface area contributed by atoms with Crippen LogP contribution in [-0.4, -0.2) is 50.2 Å². The van der Waals surface area contributed by atoms with Gasteiger partial charge in [0.2, 0.25) is 0 Å². The molecular formula is C21H24N2O2. The molecule has 0 radical (unpaired) electrons. The van der Waals surface area contributed by atoms with Crippen LogP contribution in [0.4, 0.5) is 0 Å². The second-order valence-electron chi connectivity index (χ2n) is 6.04. The Bertz CT molecular complexity index is 692. The van der Waals surface area contributed by atoms with E-state index in [2.05, 4.69) is 10.2 Å². The van der Waals surface area contributed by atoms with E-state index in [1.54, 1.807) is 0 Å². The topological polar surface area (TPSA) is 41.6 Å². The van der Waals surface area contributed by atoms with Gasteiger partial charge in [0.25, 0.3) is 5.91 Å². The number of amides is 1. The largest absolute Gasteiger partial charge is 0.379 e. The highest BCUT2D eigenvalue weighted by Crippen LogP contribution is 2.18. The summed E-state index contributed by atoms with van der Waals surface area (Å²) in [6.07, 6.45) is 1.94. The van der Waals surface area contributed by atoms with E-state index in [1.165, 1.54) is 0 Å². The maximum absolute atomic E-state index is 12.8. The molecule has 2 aromatic rings. The lowest BCUT2D eigenvalue weighted by molar-refractivity contribution is -0.115. The van der Waals surface area contributed by atoms with Crippen molar-refractivity contribution < 1.29 is 9.53 Å². The first kappa shape index (κ1) is 17.4. The van der Waals surface area contributed by atoms with Crippen molar-refractivity contribution in [1.29, 1.82) is 0 Å². The zero-order valence-corrected chi connectivity index (χ0v) is 14.4. The Morgan fingerprint density at radius 2 is 1.64 bits per heavy atom. The number of rotatable bonds is 6. The average molecular weight is 336 g/mol. The van der Waals surface area contributed by atoms with Crippen molar-refractivity contribution >= 4 is 17.6 Å². The van der Waals surface area contributed by atoms with E-state index in [0.29, 0.717) is 12.1 Å². The van der Waals surface area contributed by atoms with Crippen molar-refractivity contribution in [3.8, 4) is 0 Å². The Balaban J connectivity index is 1.68. The zero-order valence-electron chi connectivity index (χ0n) is 14.4. The van der Waals surface area contributed by atoms with Gasteiger partial charge in [-0.2, -0.15) is 0 Å². The van der Waals surface area contributed by atoms with Crippen molar-refractivity contribution in [3.63, 3.8) is 0 Å². The quantitative estimate of drug-likeness (QED) is 0.651. The number of carbonyl (C=O) groups excluding carboxylic acids is 1. The fourth-order valence-corrected chi connectivity index (χ4v) is 2.86. The molecule has 0 bridgehead atoms. The predicted molar refractivity (Wildman–Crippen MR) is 101 cm³/mol. The number of nitrogens with zero attached hydrogens (tertiary/aromatic N) is 1. The minimum absolute atomic E-state index is 0.0386. The maximum Gasteiger partial charge on any atom is 0.251 e. The molecule has 25 heavy (non-hydrogen) atoms. The van der Waals surface area contributed by atoms with Crippen LogP contribution >= 0.6 is 0 Å². The SMILES string of the molecule is O=C(NCCN1CCOCC1)C(=Cc1ccccc1)c1ccccc1. The molecule has 0 saturated carbocycles. The van der Waals surface area contributed by atoms with Crippen molar-refractivity contribution in [2.45, 2.75) is 0 Å². The molecule has 1 aliphatic rings. The fourth-order valence-electron chi connectivity index (χ4n) is 2.86. The van der Waals surface area contributed by atoms with Crippen LogP contribution in [0.2, 0.25) is 0 Å². The Morgan fingerprint density at radius 3 is 2.32 bits per heavy atom. The van der Waals surface area contributed by atoms with Gasteiger partial charge in [0.15, 0.2) is 0 Å². The molecule has 1 N–H and O–H groups in total. The molecule has 0 spiro atoms. The highest BCUT2D eigenvalue weighted by atomic mass is 16.5. The molecule has 130 valence electrons. The molecular weight excluding hydrogens is 312 g/mol. The summed E-state index contributed by atoms with van der Waals surface area (Å²) in [5.41, 5.74) is 2.63. The number of carbonyl (C=O) groups is 1. The first-order chi connectivity index (χ1) is 12.3. The molecule has 1 heterocycles. The van der Waals surface area contributed by atoms with E-state index < -0.39 is 0 Å². The predicted octanol–water partition coefficient (Wildman–Crippen LogP) is 2.68. The monoisotopic (exact) mass is 336 g/mol. The van der Waals surface area contributed by atoms with Gasteiger partial charge in [-0.3, -0.25) is 9.69 Å². The number of benzene rings is 2. The van der Waals surface area contributed by atoms with E-state index in [4.69, 9.17) is 4.74 Å². The molecule has 1 fully saturated rings. The van der Waals surface area contributed by atoms with Gasteiger partial charge in [-0.15, -0.1) is 0 Å². The van der Waals surface area contributed by atoms with Crippen LogP contribution in [0.5, 0.6) is 0 Å². The summed E-state index contributed by atoms with van der Waals surface area (Å²) in [5.74, 6) is -0.0386. The van der Waals surface area contributed by atoms with Crippen LogP contribution < -0.4 is 5.32 Å². The Labute approximate surface area is 149 Å². The van der Waals surface area contributed by atoms with E-state index in [0.717, 1.165) is 44.0 Å². The number of ether oxygens (including phenoxy) is 1. The van der Waals surface area contributed by atoms with Crippen LogP contribution in [0.15, 0.2) is 60.7 Å². The highest BCUT2D eigenvalue weighted by molar-refractivity contribution is 6.24. The number of hydrogen-bond donors (Lipinski definition) is 1. The zero-order chi connectivity index (χ0) is 17.3. The van der Waals surface area contributed by atoms with Crippen LogP contribution in [0, 0.1) is 0 Å². The molecule has 1 amide bonds. The number of hydrogen-bond acceptors (Lipinski definition) is 3. The molecule has 0 atom stereocenters. The first-order valence-corrected chi connectivity index (χ1v) is 8.73. The van der Waals surface area contributed by atoms with Crippen LogP contribution in [0.25, 0.3) is 11.6 Å². The molecule has 0 aliphatic carbocycles. The molecule has 0 unspecified atom stereocenters. The summed E-state index contributed by atoms with van der Waals surface area (Å²) >= 11 is 0. The van der Waals surface area contributed by atoms with Crippen molar-refractivity contribution in [2.75, 3.05) is 39.4 Å². The van der Waals surface area contributed by atoms with Gasteiger partial charge < -0.3 is 10.1 Å².